The molecule has 2 nitrogen and oxygen atoms in total. The van der Waals surface area contributed by atoms with Crippen molar-refractivity contribution in [2.75, 3.05) is 6.61 Å². The van der Waals surface area contributed by atoms with Gasteiger partial charge in [-0.2, -0.15) is 0 Å². The van der Waals surface area contributed by atoms with Crippen LogP contribution < -0.4 is 0 Å². The van der Waals surface area contributed by atoms with E-state index in [1.54, 1.807) is 0 Å². The highest BCUT2D eigenvalue weighted by Crippen LogP contribution is 2.18. The van der Waals surface area contributed by atoms with Crippen LogP contribution in [0.2, 0.25) is 0 Å². The fourth-order valence-corrected chi connectivity index (χ4v) is 1.74. The molecule has 2 unspecified atom stereocenters. The molecule has 0 radical (unpaired) electrons. The SMILES string of the molecule is CCCCC(CC)CC(=O)C(C)OCC. The van der Waals surface area contributed by atoms with Gasteiger partial charge in [0.2, 0.25) is 0 Å². The van der Waals surface area contributed by atoms with Crippen molar-refractivity contribution in [3.05, 3.63) is 0 Å². The molecule has 0 rings (SSSR count). The first-order valence-corrected chi connectivity index (χ1v) is 6.29. The number of ether oxygens (including phenoxy) is 1. The van der Waals surface area contributed by atoms with Gasteiger partial charge < -0.3 is 4.74 Å². The van der Waals surface area contributed by atoms with Crippen LogP contribution in [0.3, 0.4) is 0 Å². The van der Waals surface area contributed by atoms with Crippen LogP contribution in [-0.2, 0) is 9.53 Å². The van der Waals surface area contributed by atoms with E-state index >= 15 is 0 Å². The summed E-state index contributed by atoms with van der Waals surface area (Å²) in [6, 6.07) is 0. The quantitative estimate of drug-likeness (QED) is 0.586. The Morgan fingerprint density at radius 2 is 1.93 bits per heavy atom. The van der Waals surface area contributed by atoms with Gasteiger partial charge in [0.15, 0.2) is 5.78 Å². The molecule has 2 heteroatoms. The van der Waals surface area contributed by atoms with E-state index in [9.17, 15) is 4.79 Å². The normalized spacial score (nSPS) is 14.9. The van der Waals surface area contributed by atoms with Gasteiger partial charge in [-0.3, -0.25) is 4.79 Å². The number of hydrogen-bond donors (Lipinski definition) is 0. The number of ketones is 1. The first kappa shape index (κ1) is 14.6. The lowest BCUT2D eigenvalue weighted by atomic mass is 9.92. The van der Waals surface area contributed by atoms with Gasteiger partial charge in [0.25, 0.3) is 0 Å². The second kappa shape index (κ2) is 8.90. The zero-order valence-corrected chi connectivity index (χ0v) is 10.7. The molecular formula is C13H26O2. The highest BCUT2D eigenvalue weighted by Gasteiger charge is 2.17. The molecule has 0 fully saturated rings. The average molecular weight is 214 g/mol. The summed E-state index contributed by atoms with van der Waals surface area (Å²) >= 11 is 0. The minimum atomic E-state index is -0.217. The topological polar surface area (TPSA) is 26.3 Å². The van der Waals surface area contributed by atoms with Crippen molar-refractivity contribution < 1.29 is 9.53 Å². The van der Waals surface area contributed by atoms with E-state index in [0.29, 0.717) is 18.9 Å². The molecule has 0 aliphatic rings. The molecule has 0 heterocycles. The Hall–Kier alpha value is -0.370. The van der Waals surface area contributed by atoms with E-state index in [2.05, 4.69) is 13.8 Å². The summed E-state index contributed by atoms with van der Waals surface area (Å²) in [5, 5.41) is 0. The van der Waals surface area contributed by atoms with Gasteiger partial charge in [-0.25, -0.2) is 0 Å². The van der Waals surface area contributed by atoms with E-state index in [1.165, 1.54) is 19.3 Å². The Morgan fingerprint density at radius 1 is 1.27 bits per heavy atom. The Balaban J connectivity index is 3.88. The molecule has 0 saturated carbocycles. The van der Waals surface area contributed by atoms with Crippen LogP contribution in [0.25, 0.3) is 0 Å². The van der Waals surface area contributed by atoms with Crippen molar-refractivity contribution in [1.29, 1.82) is 0 Å². The molecule has 0 amide bonds. The maximum Gasteiger partial charge on any atom is 0.161 e. The molecule has 0 N–H and O–H groups in total. The molecule has 0 bridgehead atoms. The first-order valence-electron chi connectivity index (χ1n) is 6.29. The van der Waals surface area contributed by atoms with Gasteiger partial charge in [0.05, 0.1) is 0 Å². The third kappa shape index (κ3) is 6.67. The Bertz CT molecular complexity index is 166. The molecule has 0 aliphatic carbocycles. The van der Waals surface area contributed by atoms with E-state index in [1.807, 2.05) is 13.8 Å². The van der Waals surface area contributed by atoms with Crippen molar-refractivity contribution in [2.24, 2.45) is 5.92 Å². The lowest BCUT2D eigenvalue weighted by molar-refractivity contribution is -0.130. The summed E-state index contributed by atoms with van der Waals surface area (Å²) in [5.41, 5.74) is 0. The fourth-order valence-electron chi connectivity index (χ4n) is 1.74. The molecule has 15 heavy (non-hydrogen) atoms. The predicted octanol–water partition coefficient (Wildman–Crippen LogP) is 3.59. The standard InChI is InChI=1S/C13H26O2/c1-5-8-9-12(6-2)10-13(14)11(4)15-7-3/h11-12H,5-10H2,1-4H3. The van der Waals surface area contributed by atoms with Crippen LogP contribution in [0.15, 0.2) is 0 Å². The number of unbranched alkanes of at least 4 members (excludes halogenated alkanes) is 1. The molecule has 90 valence electrons. The van der Waals surface area contributed by atoms with Gasteiger partial charge in [-0.05, 0) is 19.8 Å². The second-order valence-corrected chi connectivity index (χ2v) is 4.18. The number of rotatable bonds is 9. The molecule has 0 spiro atoms. The first-order chi connectivity index (χ1) is 7.15. The lowest BCUT2D eigenvalue weighted by Gasteiger charge is -2.16. The highest BCUT2D eigenvalue weighted by atomic mass is 16.5. The van der Waals surface area contributed by atoms with E-state index < -0.39 is 0 Å². The summed E-state index contributed by atoms with van der Waals surface area (Å²) < 4.78 is 5.30. The minimum absolute atomic E-state index is 0.217. The molecule has 0 aromatic rings. The monoisotopic (exact) mass is 214 g/mol. The largest absolute Gasteiger partial charge is 0.371 e. The zero-order chi connectivity index (χ0) is 11.7. The molecule has 0 aliphatic heterocycles. The summed E-state index contributed by atoms with van der Waals surface area (Å²) in [6.07, 6.45) is 5.20. The lowest BCUT2D eigenvalue weighted by Crippen LogP contribution is -2.23. The third-order valence-electron chi connectivity index (χ3n) is 2.90. The summed E-state index contributed by atoms with van der Waals surface area (Å²) in [7, 11) is 0. The van der Waals surface area contributed by atoms with Gasteiger partial charge in [0, 0.05) is 13.0 Å². The van der Waals surface area contributed by atoms with E-state index in [4.69, 9.17) is 4.74 Å². The molecule has 0 aromatic heterocycles. The van der Waals surface area contributed by atoms with Crippen LogP contribution in [-0.4, -0.2) is 18.5 Å². The summed E-state index contributed by atoms with van der Waals surface area (Å²) in [5.74, 6) is 0.820. The van der Waals surface area contributed by atoms with Crippen LogP contribution in [0.4, 0.5) is 0 Å². The second-order valence-electron chi connectivity index (χ2n) is 4.18. The van der Waals surface area contributed by atoms with Crippen molar-refractivity contribution in [3.8, 4) is 0 Å². The number of carbonyl (C=O) groups is 1. The van der Waals surface area contributed by atoms with Crippen molar-refractivity contribution in [3.63, 3.8) is 0 Å². The maximum atomic E-state index is 11.7. The molecule has 0 saturated heterocycles. The fraction of sp³-hybridized carbons (Fsp3) is 0.923. The third-order valence-corrected chi connectivity index (χ3v) is 2.90. The van der Waals surface area contributed by atoms with Crippen LogP contribution in [0, 0.1) is 5.92 Å². The van der Waals surface area contributed by atoms with Crippen LogP contribution in [0.1, 0.15) is 59.8 Å². The summed E-state index contributed by atoms with van der Waals surface area (Å²) in [4.78, 5) is 11.7. The minimum Gasteiger partial charge on any atom is -0.371 e. The predicted molar refractivity (Wildman–Crippen MR) is 64.0 cm³/mol. The highest BCUT2D eigenvalue weighted by molar-refractivity contribution is 5.82. The van der Waals surface area contributed by atoms with Gasteiger partial charge in [-0.15, -0.1) is 0 Å². The Labute approximate surface area is 94.4 Å². The maximum absolute atomic E-state index is 11.7. The number of Topliss-reactive ketones (excluding diaryl/α,β-unsaturated/α-hetero) is 1. The van der Waals surface area contributed by atoms with Crippen LogP contribution >= 0.6 is 0 Å². The van der Waals surface area contributed by atoms with Crippen LogP contribution in [0.5, 0.6) is 0 Å². The molecule has 0 aromatic carbocycles. The van der Waals surface area contributed by atoms with Gasteiger partial charge >= 0.3 is 0 Å². The summed E-state index contributed by atoms with van der Waals surface area (Å²) in [6.45, 7) is 8.77. The molecule has 2 atom stereocenters. The van der Waals surface area contributed by atoms with Crippen molar-refractivity contribution in [2.45, 2.75) is 65.9 Å². The zero-order valence-electron chi connectivity index (χ0n) is 10.7. The smallest absolute Gasteiger partial charge is 0.161 e. The van der Waals surface area contributed by atoms with Crippen molar-refractivity contribution >= 4 is 5.78 Å². The average Bonchev–Trinajstić information content (AvgIpc) is 2.24. The number of hydrogen-bond acceptors (Lipinski definition) is 2. The van der Waals surface area contributed by atoms with Crippen molar-refractivity contribution in [1.82, 2.24) is 0 Å². The number of carbonyl (C=O) groups excluding carboxylic acids is 1. The van der Waals surface area contributed by atoms with E-state index in [-0.39, 0.29) is 11.9 Å². The van der Waals surface area contributed by atoms with Gasteiger partial charge in [0.1, 0.15) is 6.10 Å². The van der Waals surface area contributed by atoms with Gasteiger partial charge in [-0.1, -0.05) is 39.5 Å². The Morgan fingerprint density at radius 3 is 2.40 bits per heavy atom. The molecular weight excluding hydrogens is 188 g/mol. The van der Waals surface area contributed by atoms with E-state index in [0.717, 1.165) is 6.42 Å². The Kier molecular flexibility index (Phi) is 8.68.